The zero-order valence-electron chi connectivity index (χ0n) is 15.4. The van der Waals surface area contributed by atoms with E-state index >= 15 is 0 Å². The maximum atomic E-state index is 12.5. The zero-order chi connectivity index (χ0) is 19.4. The van der Waals surface area contributed by atoms with E-state index in [0.29, 0.717) is 34.3 Å². The summed E-state index contributed by atoms with van der Waals surface area (Å²) in [5.41, 5.74) is 2.66. The molecule has 3 rings (SSSR count). The van der Waals surface area contributed by atoms with E-state index in [2.05, 4.69) is 29.6 Å². The minimum Gasteiger partial charge on any atom is -0.360 e. The molecule has 27 heavy (non-hydrogen) atoms. The van der Waals surface area contributed by atoms with Crippen molar-refractivity contribution in [1.29, 1.82) is 0 Å². The van der Waals surface area contributed by atoms with Gasteiger partial charge in [-0.25, -0.2) is 0 Å². The van der Waals surface area contributed by atoms with Gasteiger partial charge in [0.25, 0.3) is 11.8 Å². The summed E-state index contributed by atoms with van der Waals surface area (Å²) in [6.07, 6.45) is 0. The summed E-state index contributed by atoms with van der Waals surface area (Å²) in [7, 11) is 0. The lowest BCUT2D eigenvalue weighted by molar-refractivity contribution is 0.102. The molecule has 6 heteroatoms. The average Bonchev–Trinajstić information content (AvgIpc) is 3.07. The number of rotatable bonds is 5. The second kappa shape index (κ2) is 7.86. The van der Waals surface area contributed by atoms with Gasteiger partial charge in [0.1, 0.15) is 5.76 Å². The number of hydrogen-bond donors (Lipinski definition) is 2. The minimum atomic E-state index is -0.362. The Morgan fingerprint density at radius 3 is 2.11 bits per heavy atom. The molecule has 1 aromatic heterocycles. The number of aryl methyl sites for hydroxylation is 1. The Labute approximate surface area is 157 Å². The number of amides is 2. The van der Waals surface area contributed by atoms with Crippen molar-refractivity contribution in [2.24, 2.45) is 0 Å². The number of carbonyl (C=O) groups is 2. The first kappa shape index (κ1) is 18.4. The fourth-order valence-corrected chi connectivity index (χ4v) is 2.57. The monoisotopic (exact) mass is 363 g/mol. The van der Waals surface area contributed by atoms with E-state index in [0.717, 1.165) is 0 Å². The lowest BCUT2D eigenvalue weighted by atomic mass is 10.0. The first-order chi connectivity index (χ1) is 12.9. The van der Waals surface area contributed by atoms with Gasteiger partial charge in [0.05, 0.1) is 0 Å². The van der Waals surface area contributed by atoms with Gasteiger partial charge in [-0.3, -0.25) is 9.59 Å². The molecule has 0 unspecified atom stereocenters. The Kier molecular flexibility index (Phi) is 5.35. The van der Waals surface area contributed by atoms with Crippen LogP contribution in [0, 0.1) is 6.92 Å². The molecule has 0 aliphatic heterocycles. The van der Waals surface area contributed by atoms with Crippen LogP contribution < -0.4 is 10.6 Å². The molecule has 0 radical (unpaired) electrons. The number of carbonyl (C=O) groups excluding carboxylic acids is 2. The molecule has 138 valence electrons. The van der Waals surface area contributed by atoms with Crippen LogP contribution in [0.3, 0.4) is 0 Å². The van der Waals surface area contributed by atoms with Crippen molar-refractivity contribution in [3.63, 3.8) is 0 Å². The Morgan fingerprint density at radius 2 is 1.56 bits per heavy atom. The van der Waals surface area contributed by atoms with Crippen molar-refractivity contribution < 1.29 is 14.1 Å². The molecule has 2 amide bonds. The Balaban J connectivity index is 1.70. The summed E-state index contributed by atoms with van der Waals surface area (Å²) >= 11 is 0. The van der Waals surface area contributed by atoms with Gasteiger partial charge >= 0.3 is 0 Å². The molecule has 0 aliphatic carbocycles. The fourth-order valence-electron chi connectivity index (χ4n) is 2.57. The molecule has 0 spiro atoms. The van der Waals surface area contributed by atoms with E-state index in [1.807, 2.05) is 24.3 Å². The number of nitrogens with one attached hydrogen (secondary N) is 2. The third-order valence-electron chi connectivity index (χ3n) is 4.09. The summed E-state index contributed by atoms with van der Waals surface area (Å²) in [6.45, 7) is 5.97. The number of benzene rings is 2. The lowest BCUT2D eigenvalue weighted by Crippen LogP contribution is -2.15. The summed E-state index contributed by atoms with van der Waals surface area (Å²) in [5.74, 6) is 0.719. The molecule has 6 nitrogen and oxygen atoms in total. The normalized spacial score (nSPS) is 10.7. The summed E-state index contributed by atoms with van der Waals surface area (Å²) in [6, 6.07) is 15.8. The second-order valence-electron chi connectivity index (χ2n) is 6.59. The lowest BCUT2D eigenvalue weighted by Gasteiger charge is -2.09. The highest BCUT2D eigenvalue weighted by Gasteiger charge is 2.12. The number of anilines is 2. The topological polar surface area (TPSA) is 84.2 Å². The van der Waals surface area contributed by atoms with Gasteiger partial charge in [0, 0.05) is 22.9 Å². The van der Waals surface area contributed by atoms with Crippen LogP contribution in [-0.4, -0.2) is 17.0 Å². The molecule has 0 saturated heterocycles. The number of aromatic nitrogens is 1. The van der Waals surface area contributed by atoms with E-state index in [-0.39, 0.29) is 11.8 Å². The van der Waals surface area contributed by atoms with E-state index in [1.54, 1.807) is 37.3 Å². The third kappa shape index (κ3) is 4.61. The Morgan fingerprint density at radius 1 is 0.926 bits per heavy atom. The smallest absolute Gasteiger partial charge is 0.256 e. The van der Waals surface area contributed by atoms with Crippen molar-refractivity contribution in [3.8, 4) is 0 Å². The van der Waals surface area contributed by atoms with Gasteiger partial charge in [0.15, 0.2) is 5.82 Å². The van der Waals surface area contributed by atoms with Crippen LogP contribution in [0.1, 0.15) is 51.8 Å². The molecule has 0 atom stereocenters. The zero-order valence-corrected chi connectivity index (χ0v) is 15.4. The molecule has 0 bridgehead atoms. The molecule has 1 heterocycles. The Bertz CT molecular complexity index is 959. The first-order valence-electron chi connectivity index (χ1n) is 8.68. The summed E-state index contributed by atoms with van der Waals surface area (Å²) < 4.78 is 4.92. The van der Waals surface area contributed by atoms with Crippen molar-refractivity contribution in [1.82, 2.24) is 5.16 Å². The van der Waals surface area contributed by atoms with E-state index in [9.17, 15) is 9.59 Å². The molecule has 0 fully saturated rings. The van der Waals surface area contributed by atoms with E-state index in [1.165, 1.54) is 5.56 Å². The maximum Gasteiger partial charge on any atom is 0.256 e. The average molecular weight is 363 g/mol. The van der Waals surface area contributed by atoms with Crippen LogP contribution in [0.2, 0.25) is 0 Å². The molecule has 0 saturated carbocycles. The van der Waals surface area contributed by atoms with Gasteiger partial charge in [-0.1, -0.05) is 37.2 Å². The molecule has 0 aliphatic rings. The second-order valence-corrected chi connectivity index (χ2v) is 6.59. The van der Waals surface area contributed by atoms with Gasteiger partial charge in [0.2, 0.25) is 0 Å². The number of nitrogens with zero attached hydrogens (tertiary/aromatic N) is 1. The highest BCUT2D eigenvalue weighted by Crippen LogP contribution is 2.18. The molecular formula is C21H21N3O3. The van der Waals surface area contributed by atoms with Crippen LogP contribution in [-0.2, 0) is 0 Å². The van der Waals surface area contributed by atoms with Crippen molar-refractivity contribution >= 4 is 23.3 Å². The van der Waals surface area contributed by atoms with Crippen LogP contribution in [0.4, 0.5) is 11.5 Å². The first-order valence-corrected chi connectivity index (χ1v) is 8.68. The highest BCUT2D eigenvalue weighted by atomic mass is 16.5. The maximum absolute atomic E-state index is 12.5. The molecule has 3 aromatic rings. The van der Waals surface area contributed by atoms with Crippen molar-refractivity contribution in [2.75, 3.05) is 10.6 Å². The third-order valence-corrected chi connectivity index (χ3v) is 4.09. The van der Waals surface area contributed by atoms with Crippen LogP contribution >= 0.6 is 0 Å². The number of hydrogen-bond acceptors (Lipinski definition) is 4. The van der Waals surface area contributed by atoms with Crippen LogP contribution in [0.15, 0.2) is 59.1 Å². The Hall–Kier alpha value is -3.41. The quantitative estimate of drug-likeness (QED) is 0.693. The molecule has 2 N–H and O–H groups in total. The summed E-state index contributed by atoms with van der Waals surface area (Å²) in [5, 5.41) is 9.21. The largest absolute Gasteiger partial charge is 0.360 e. The fraction of sp³-hybridized carbons (Fsp3) is 0.190. The van der Waals surface area contributed by atoms with E-state index in [4.69, 9.17) is 4.52 Å². The van der Waals surface area contributed by atoms with Gasteiger partial charge < -0.3 is 15.2 Å². The highest BCUT2D eigenvalue weighted by molar-refractivity contribution is 6.08. The van der Waals surface area contributed by atoms with Gasteiger partial charge in [-0.15, -0.1) is 0 Å². The van der Waals surface area contributed by atoms with Crippen LogP contribution in [0.25, 0.3) is 0 Å². The van der Waals surface area contributed by atoms with Gasteiger partial charge in [-0.2, -0.15) is 0 Å². The SMILES string of the molecule is Cc1cc(NC(=O)c2cccc(C(=O)Nc3ccc(C(C)C)cc3)c2)no1. The van der Waals surface area contributed by atoms with Crippen LogP contribution in [0.5, 0.6) is 0 Å². The van der Waals surface area contributed by atoms with E-state index < -0.39 is 0 Å². The predicted octanol–water partition coefficient (Wildman–Crippen LogP) is 4.61. The predicted molar refractivity (Wildman–Crippen MR) is 104 cm³/mol. The standard InChI is InChI=1S/C21H21N3O3/c1-13(2)15-7-9-18(10-8-15)22-20(25)16-5-4-6-17(12-16)21(26)23-19-11-14(3)27-24-19/h4-13H,1-3H3,(H,22,25)(H,23,24,26). The van der Waals surface area contributed by atoms with Crippen molar-refractivity contribution in [2.45, 2.75) is 26.7 Å². The summed E-state index contributed by atoms with van der Waals surface area (Å²) in [4.78, 5) is 24.8. The minimum absolute atomic E-state index is 0.278. The molecule has 2 aromatic carbocycles. The molecular weight excluding hydrogens is 342 g/mol. The van der Waals surface area contributed by atoms with Gasteiger partial charge in [-0.05, 0) is 48.7 Å². The van der Waals surface area contributed by atoms with Crippen molar-refractivity contribution in [3.05, 3.63) is 77.0 Å².